The molecule has 0 N–H and O–H groups in total. The first-order valence-corrected chi connectivity index (χ1v) is 8.34. The third-order valence-corrected chi connectivity index (χ3v) is 4.31. The van der Waals surface area contributed by atoms with Gasteiger partial charge in [-0.05, 0) is 43.2 Å². The van der Waals surface area contributed by atoms with Crippen molar-refractivity contribution in [2.45, 2.75) is 25.4 Å². The van der Waals surface area contributed by atoms with E-state index in [1.165, 1.54) is 6.07 Å². The van der Waals surface area contributed by atoms with Gasteiger partial charge >= 0.3 is 0 Å². The van der Waals surface area contributed by atoms with Gasteiger partial charge < -0.3 is 9.64 Å². The lowest BCUT2D eigenvalue weighted by Gasteiger charge is -2.23. The molecule has 0 atom stereocenters. The van der Waals surface area contributed by atoms with Gasteiger partial charge in [-0.3, -0.25) is 4.79 Å². The molecule has 1 aliphatic carbocycles. The zero-order chi connectivity index (χ0) is 16.2. The summed E-state index contributed by atoms with van der Waals surface area (Å²) in [6, 6.07) is 14.1. The fourth-order valence-corrected chi connectivity index (χ4v) is 2.64. The molecule has 1 fully saturated rings. The molecule has 0 aromatic heterocycles. The van der Waals surface area contributed by atoms with Gasteiger partial charge in [0.2, 0.25) is 0 Å². The highest BCUT2D eigenvalue weighted by Crippen LogP contribution is 2.29. The molecule has 0 bridgehead atoms. The summed E-state index contributed by atoms with van der Waals surface area (Å²) in [7, 11) is 0. The first-order chi connectivity index (χ1) is 11.1. The van der Waals surface area contributed by atoms with Crippen LogP contribution >= 0.6 is 15.9 Å². The minimum Gasteiger partial charge on any atom is -0.484 e. The standard InChI is InChI=1S/C18H17BrFNO2/c19-14-5-9-16(10-6-14)23-12-18(22)21(15-7-8-15)11-13-3-1-2-4-17(13)20/h1-6,9-10,15H,7-8,11-12H2. The topological polar surface area (TPSA) is 29.5 Å². The molecule has 0 spiro atoms. The molecule has 2 aromatic carbocycles. The largest absolute Gasteiger partial charge is 0.484 e. The van der Waals surface area contributed by atoms with Crippen molar-refractivity contribution in [1.82, 2.24) is 4.90 Å². The summed E-state index contributed by atoms with van der Waals surface area (Å²) in [6.45, 7) is 0.256. The smallest absolute Gasteiger partial charge is 0.261 e. The van der Waals surface area contributed by atoms with E-state index in [9.17, 15) is 9.18 Å². The average Bonchev–Trinajstić information content (AvgIpc) is 3.38. The van der Waals surface area contributed by atoms with E-state index in [-0.39, 0.29) is 24.4 Å². The predicted octanol–water partition coefficient (Wildman–Crippen LogP) is 4.16. The zero-order valence-electron chi connectivity index (χ0n) is 12.5. The normalized spacial score (nSPS) is 13.7. The number of hydrogen-bond acceptors (Lipinski definition) is 2. The van der Waals surface area contributed by atoms with Gasteiger partial charge in [0.25, 0.3) is 5.91 Å². The van der Waals surface area contributed by atoms with Gasteiger partial charge in [-0.2, -0.15) is 0 Å². The Balaban J connectivity index is 1.63. The molecular weight excluding hydrogens is 361 g/mol. The van der Waals surface area contributed by atoms with Crippen LogP contribution < -0.4 is 4.74 Å². The number of hydrogen-bond donors (Lipinski definition) is 0. The number of amides is 1. The minimum atomic E-state index is -0.278. The lowest BCUT2D eigenvalue weighted by atomic mass is 10.2. The van der Waals surface area contributed by atoms with Crippen LogP contribution in [-0.2, 0) is 11.3 Å². The highest BCUT2D eigenvalue weighted by Gasteiger charge is 2.33. The van der Waals surface area contributed by atoms with Crippen molar-refractivity contribution in [3.8, 4) is 5.75 Å². The number of halogens is 2. The fraction of sp³-hybridized carbons (Fsp3) is 0.278. The van der Waals surface area contributed by atoms with Crippen molar-refractivity contribution in [1.29, 1.82) is 0 Å². The van der Waals surface area contributed by atoms with Gasteiger partial charge in [0, 0.05) is 22.6 Å². The van der Waals surface area contributed by atoms with Crippen LogP contribution in [0.1, 0.15) is 18.4 Å². The summed E-state index contributed by atoms with van der Waals surface area (Å²) in [4.78, 5) is 14.2. The monoisotopic (exact) mass is 377 g/mol. The second-order valence-corrected chi connectivity index (χ2v) is 6.50. The van der Waals surface area contributed by atoms with Crippen LogP contribution in [0.2, 0.25) is 0 Å². The SMILES string of the molecule is O=C(COc1ccc(Br)cc1)N(Cc1ccccc1F)C1CC1. The van der Waals surface area contributed by atoms with Crippen LogP contribution in [0.25, 0.3) is 0 Å². The Bertz CT molecular complexity index is 686. The molecule has 120 valence electrons. The first-order valence-electron chi connectivity index (χ1n) is 7.55. The Labute approximate surface area is 143 Å². The predicted molar refractivity (Wildman–Crippen MR) is 89.6 cm³/mol. The van der Waals surface area contributed by atoms with Gasteiger partial charge in [-0.1, -0.05) is 34.1 Å². The van der Waals surface area contributed by atoms with Gasteiger partial charge in [-0.15, -0.1) is 0 Å². The van der Waals surface area contributed by atoms with E-state index in [1.807, 2.05) is 12.1 Å². The lowest BCUT2D eigenvalue weighted by molar-refractivity contribution is -0.134. The van der Waals surface area contributed by atoms with Crippen LogP contribution in [0.15, 0.2) is 53.0 Å². The maximum absolute atomic E-state index is 13.8. The van der Waals surface area contributed by atoms with Crippen LogP contribution in [0.3, 0.4) is 0 Å². The van der Waals surface area contributed by atoms with Crippen molar-refractivity contribution in [2.75, 3.05) is 6.61 Å². The van der Waals surface area contributed by atoms with Crippen LogP contribution in [0, 0.1) is 5.82 Å². The van der Waals surface area contributed by atoms with E-state index in [0.717, 1.165) is 17.3 Å². The molecular formula is C18H17BrFNO2. The first kappa shape index (κ1) is 16.0. The van der Waals surface area contributed by atoms with E-state index in [2.05, 4.69) is 15.9 Å². The molecule has 3 nitrogen and oxygen atoms in total. The average molecular weight is 378 g/mol. The van der Waals surface area contributed by atoms with E-state index in [4.69, 9.17) is 4.74 Å². The van der Waals surface area contributed by atoms with Crippen molar-refractivity contribution in [2.24, 2.45) is 0 Å². The summed E-state index contributed by atoms with van der Waals surface area (Å²) < 4.78 is 20.3. The molecule has 0 saturated heterocycles. The number of benzene rings is 2. The van der Waals surface area contributed by atoms with Crippen molar-refractivity contribution >= 4 is 21.8 Å². The second kappa shape index (κ2) is 7.13. The molecule has 5 heteroatoms. The molecule has 0 aliphatic heterocycles. The van der Waals surface area contributed by atoms with Gasteiger partial charge in [0.1, 0.15) is 11.6 Å². The maximum Gasteiger partial charge on any atom is 0.261 e. The molecule has 0 heterocycles. The Morgan fingerprint density at radius 2 is 1.87 bits per heavy atom. The molecule has 0 unspecified atom stereocenters. The maximum atomic E-state index is 13.8. The van der Waals surface area contributed by atoms with E-state index < -0.39 is 0 Å². The number of nitrogens with zero attached hydrogens (tertiary/aromatic N) is 1. The molecule has 23 heavy (non-hydrogen) atoms. The molecule has 3 rings (SSSR count). The number of carbonyl (C=O) groups excluding carboxylic acids is 1. The van der Waals surface area contributed by atoms with E-state index in [0.29, 0.717) is 17.9 Å². The lowest BCUT2D eigenvalue weighted by Crippen LogP contribution is -2.36. The van der Waals surface area contributed by atoms with Gasteiger partial charge in [0.05, 0.1) is 0 Å². The second-order valence-electron chi connectivity index (χ2n) is 5.59. The zero-order valence-corrected chi connectivity index (χ0v) is 14.1. The van der Waals surface area contributed by atoms with E-state index in [1.54, 1.807) is 35.2 Å². The van der Waals surface area contributed by atoms with Gasteiger partial charge in [-0.25, -0.2) is 4.39 Å². The van der Waals surface area contributed by atoms with Crippen LogP contribution in [0.4, 0.5) is 4.39 Å². The Hall–Kier alpha value is -1.88. The third kappa shape index (κ3) is 4.32. The molecule has 1 aliphatic rings. The number of ether oxygens (including phenoxy) is 1. The molecule has 1 saturated carbocycles. The minimum absolute atomic E-state index is 0.0351. The number of carbonyl (C=O) groups is 1. The third-order valence-electron chi connectivity index (χ3n) is 3.78. The summed E-state index contributed by atoms with van der Waals surface area (Å²) in [5.41, 5.74) is 0.538. The van der Waals surface area contributed by atoms with Crippen molar-refractivity contribution in [3.05, 3.63) is 64.4 Å². The Morgan fingerprint density at radius 1 is 1.17 bits per heavy atom. The summed E-state index contributed by atoms with van der Waals surface area (Å²) in [5, 5.41) is 0. The Kier molecular flexibility index (Phi) is 4.96. The molecule has 0 radical (unpaired) electrons. The summed E-state index contributed by atoms with van der Waals surface area (Å²) in [6.07, 6.45) is 1.94. The van der Waals surface area contributed by atoms with Crippen LogP contribution in [-0.4, -0.2) is 23.5 Å². The fourth-order valence-electron chi connectivity index (χ4n) is 2.38. The van der Waals surface area contributed by atoms with Crippen molar-refractivity contribution in [3.63, 3.8) is 0 Å². The Morgan fingerprint density at radius 3 is 2.52 bits per heavy atom. The highest BCUT2D eigenvalue weighted by molar-refractivity contribution is 9.10. The summed E-state index contributed by atoms with van der Waals surface area (Å²) >= 11 is 3.35. The molecule has 1 amide bonds. The van der Waals surface area contributed by atoms with Gasteiger partial charge in [0.15, 0.2) is 6.61 Å². The van der Waals surface area contributed by atoms with E-state index >= 15 is 0 Å². The number of rotatable bonds is 6. The van der Waals surface area contributed by atoms with Crippen molar-refractivity contribution < 1.29 is 13.9 Å². The highest BCUT2D eigenvalue weighted by atomic mass is 79.9. The quantitative estimate of drug-likeness (QED) is 0.756. The van der Waals surface area contributed by atoms with Crippen LogP contribution in [0.5, 0.6) is 5.75 Å². The molecule has 2 aromatic rings. The summed E-state index contributed by atoms with van der Waals surface area (Å²) in [5.74, 6) is 0.252.